The van der Waals surface area contributed by atoms with Crippen molar-refractivity contribution in [3.63, 3.8) is 0 Å². The standard InChI is InChI=1S/C17H26FNO/c1-3-6-15(19-4-2)7-5-8-16-12-13-11-14(18)9-10-17(13)20-16/h9-11,15-16,19H,3-8,12H2,1-2H3. The van der Waals surface area contributed by atoms with Gasteiger partial charge < -0.3 is 10.1 Å². The molecule has 2 rings (SSSR count). The predicted molar refractivity (Wildman–Crippen MR) is 80.7 cm³/mol. The third-order valence-corrected chi connectivity index (χ3v) is 3.97. The highest BCUT2D eigenvalue weighted by Crippen LogP contribution is 2.31. The monoisotopic (exact) mass is 279 g/mol. The van der Waals surface area contributed by atoms with Crippen molar-refractivity contribution < 1.29 is 9.13 Å². The van der Waals surface area contributed by atoms with E-state index in [1.165, 1.54) is 31.7 Å². The van der Waals surface area contributed by atoms with E-state index in [0.29, 0.717) is 6.04 Å². The summed E-state index contributed by atoms with van der Waals surface area (Å²) in [6, 6.07) is 5.46. The van der Waals surface area contributed by atoms with Gasteiger partial charge in [-0.2, -0.15) is 0 Å². The van der Waals surface area contributed by atoms with Crippen molar-refractivity contribution in [2.45, 2.75) is 64.5 Å². The van der Waals surface area contributed by atoms with Crippen molar-refractivity contribution in [2.24, 2.45) is 0 Å². The molecule has 0 saturated heterocycles. The molecule has 0 saturated carbocycles. The molecule has 0 aromatic heterocycles. The van der Waals surface area contributed by atoms with Crippen LogP contribution in [0, 0.1) is 5.82 Å². The van der Waals surface area contributed by atoms with E-state index in [1.54, 1.807) is 12.1 Å². The van der Waals surface area contributed by atoms with Crippen LogP contribution in [-0.2, 0) is 6.42 Å². The molecule has 0 aliphatic carbocycles. The number of hydrogen-bond donors (Lipinski definition) is 1. The molecule has 1 aliphatic heterocycles. The van der Waals surface area contributed by atoms with Crippen molar-refractivity contribution in [1.82, 2.24) is 5.32 Å². The van der Waals surface area contributed by atoms with E-state index in [9.17, 15) is 4.39 Å². The van der Waals surface area contributed by atoms with Gasteiger partial charge in [0, 0.05) is 18.0 Å². The zero-order valence-corrected chi connectivity index (χ0v) is 12.6. The molecule has 0 radical (unpaired) electrons. The zero-order chi connectivity index (χ0) is 14.4. The van der Waals surface area contributed by atoms with Gasteiger partial charge in [0.15, 0.2) is 0 Å². The minimum absolute atomic E-state index is 0.164. The van der Waals surface area contributed by atoms with Gasteiger partial charge in [0.1, 0.15) is 17.7 Å². The molecule has 2 unspecified atom stereocenters. The molecule has 0 spiro atoms. The van der Waals surface area contributed by atoms with Gasteiger partial charge in [-0.25, -0.2) is 4.39 Å². The SMILES string of the molecule is CCCC(CCCC1Cc2cc(F)ccc2O1)NCC. The van der Waals surface area contributed by atoms with Crippen LogP contribution in [0.5, 0.6) is 5.75 Å². The molecule has 1 heterocycles. The Morgan fingerprint density at radius 3 is 2.95 bits per heavy atom. The summed E-state index contributed by atoms with van der Waals surface area (Å²) in [5.41, 5.74) is 1.02. The average Bonchev–Trinajstić information content (AvgIpc) is 2.81. The second-order valence-electron chi connectivity index (χ2n) is 5.67. The molecule has 0 fully saturated rings. The van der Waals surface area contributed by atoms with Crippen molar-refractivity contribution in [2.75, 3.05) is 6.54 Å². The van der Waals surface area contributed by atoms with Gasteiger partial charge >= 0.3 is 0 Å². The summed E-state index contributed by atoms with van der Waals surface area (Å²) in [6.45, 7) is 5.43. The Bertz CT molecular complexity index is 415. The summed E-state index contributed by atoms with van der Waals surface area (Å²) in [5.74, 6) is 0.705. The summed E-state index contributed by atoms with van der Waals surface area (Å²) in [6.07, 6.45) is 6.98. The molecule has 1 aliphatic rings. The van der Waals surface area contributed by atoms with E-state index < -0.39 is 0 Å². The zero-order valence-electron chi connectivity index (χ0n) is 12.6. The molecule has 20 heavy (non-hydrogen) atoms. The highest BCUT2D eigenvalue weighted by molar-refractivity contribution is 5.37. The van der Waals surface area contributed by atoms with E-state index in [2.05, 4.69) is 19.2 Å². The lowest BCUT2D eigenvalue weighted by Gasteiger charge is -2.18. The van der Waals surface area contributed by atoms with Crippen LogP contribution < -0.4 is 10.1 Å². The van der Waals surface area contributed by atoms with E-state index >= 15 is 0 Å². The van der Waals surface area contributed by atoms with Gasteiger partial charge in [-0.3, -0.25) is 0 Å². The van der Waals surface area contributed by atoms with Crippen molar-refractivity contribution in [3.8, 4) is 5.75 Å². The number of benzene rings is 1. The van der Waals surface area contributed by atoms with Crippen LogP contribution >= 0.6 is 0 Å². The normalized spacial score (nSPS) is 18.6. The van der Waals surface area contributed by atoms with Crippen LogP contribution in [0.1, 0.15) is 51.5 Å². The van der Waals surface area contributed by atoms with Crippen LogP contribution in [0.25, 0.3) is 0 Å². The molecule has 2 nitrogen and oxygen atoms in total. The number of rotatable bonds is 8. The maximum atomic E-state index is 13.2. The molecule has 0 bridgehead atoms. The summed E-state index contributed by atoms with van der Waals surface area (Å²) < 4.78 is 19.0. The van der Waals surface area contributed by atoms with E-state index in [0.717, 1.165) is 30.7 Å². The Morgan fingerprint density at radius 2 is 2.20 bits per heavy atom. The fourth-order valence-corrected chi connectivity index (χ4v) is 3.03. The molecule has 1 aromatic rings. The highest BCUT2D eigenvalue weighted by Gasteiger charge is 2.23. The van der Waals surface area contributed by atoms with Crippen molar-refractivity contribution in [1.29, 1.82) is 0 Å². The van der Waals surface area contributed by atoms with E-state index in [4.69, 9.17) is 4.74 Å². The first-order valence-electron chi connectivity index (χ1n) is 7.91. The lowest BCUT2D eigenvalue weighted by molar-refractivity contribution is 0.214. The molecular weight excluding hydrogens is 253 g/mol. The first-order chi connectivity index (χ1) is 9.72. The smallest absolute Gasteiger partial charge is 0.123 e. The largest absolute Gasteiger partial charge is 0.490 e. The van der Waals surface area contributed by atoms with Crippen LogP contribution in [0.3, 0.4) is 0 Å². The molecule has 0 amide bonds. The minimum Gasteiger partial charge on any atom is -0.490 e. The lowest BCUT2D eigenvalue weighted by Crippen LogP contribution is -2.29. The van der Waals surface area contributed by atoms with Crippen LogP contribution in [-0.4, -0.2) is 18.7 Å². The summed E-state index contributed by atoms with van der Waals surface area (Å²) in [4.78, 5) is 0. The maximum Gasteiger partial charge on any atom is 0.123 e. The number of ether oxygens (including phenoxy) is 1. The molecule has 112 valence electrons. The number of fused-ring (bicyclic) bond motifs is 1. The third kappa shape index (κ3) is 4.20. The molecule has 1 aromatic carbocycles. The number of halogens is 1. The first kappa shape index (κ1) is 15.3. The molecular formula is C17H26FNO. The van der Waals surface area contributed by atoms with Gasteiger partial charge in [0.25, 0.3) is 0 Å². The fraction of sp³-hybridized carbons (Fsp3) is 0.647. The topological polar surface area (TPSA) is 21.3 Å². The Labute approximate surface area is 121 Å². The quantitative estimate of drug-likeness (QED) is 0.774. The number of hydrogen-bond acceptors (Lipinski definition) is 2. The van der Waals surface area contributed by atoms with Crippen LogP contribution in [0.4, 0.5) is 4.39 Å². The lowest BCUT2D eigenvalue weighted by atomic mass is 10.0. The Hall–Kier alpha value is -1.09. The second-order valence-corrected chi connectivity index (χ2v) is 5.67. The van der Waals surface area contributed by atoms with Gasteiger partial charge in [-0.1, -0.05) is 20.3 Å². The predicted octanol–water partition coefficient (Wildman–Crippen LogP) is 4.08. The van der Waals surface area contributed by atoms with Crippen LogP contribution in [0.2, 0.25) is 0 Å². The molecule has 3 heteroatoms. The Morgan fingerprint density at radius 1 is 1.35 bits per heavy atom. The van der Waals surface area contributed by atoms with Crippen LogP contribution in [0.15, 0.2) is 18.2 Å². The summed E-state index contributed by atoms with van der Waals surface area (Å²) in [7, 11) is 0. The van der Waals surface area contributed by atoms with Gasteiger partial charge in [-0.05, 0) is 50.4 Å². The third-order valence-electron chi connectivity index (χ3n) is 3.97. The van der Waals surface area contributed by atoms with E-state index in [-0.39, 0.29) is 11.9 Å². The van der Waals surface area contributed by atoms with Crippen molar-refractivity contribution in [3.05, 3.63) is 29.6 Å². The molecule has 2 atom stereocenters. The van der Waals surface area contributed by atoms with E-state index in [1.807, 2.05) is 0 Å². The average molecular weight is 279 g/mol. The molecule has 1 N–H and O–H groups in total. The van der Waals surface area contributed by atoms with Gasteiger partial charge in [0.05, 0.1) is 0 Å². The highest BCUT2D eigenvalue weighted by atomic mass is 19.1. The fourth-order valence-electron chi connectivity index (χ4n) is 3.03. The Kier molecular flexibility index (Phi) is 5.84. The van der Waals surface area contributed by atoms with Crippen molar-refractivity contribution >= 4 is 0 Å². The summed E-state index contributed by atoms with van der Waals surface area (Å²) >= 11 is 0. The number of nitrogens with one attached hydrogen (secondary N) is 1. The Balaban J connectivity index is 1.74. The van der Waals surface area contributed by atoms with Gasteiger partial charge in [0.2, 0.25) is 0 Å². The summed E-state index contributed by atoms with van der Waals surface area (Å²) in [5, 5.41) is 3.54. The van der Waals surface area contributed by atoms with Gasteiger partial charge in [-0.15, -0.1) is 0 Å². The minimum atomic E-state index is -0.164. The first-order valence-corrected chi connectivity index (χ1v) is 7.91. The second kappa shape index (κ2) is 7.63. The maximum absolute atomic E-state index is 13.2.